The van der Waals surface area contributed by atoms with Gasteiger partial charge in [0, 0.05) is 12.7 Å². The molecule has 5 heteroatoms. The number of benzene rings is 1. The molecule has 1 heterocycles. The highest BCUT2D eigenvalue weighted by Crippen LogP contribution is 2.17. The van der Waals surface area contributed by atoms with E-state index in [0.717, 1.165) is 5.69 Å². The van der Waals surface area contributed by atoms with E-state index in [1.165, 1.54) is 4.90 Å². The van der Waals surface area contributed by atoms with Crippen molar-refractivity contribution in [1.82, 2.24) is 10.2 Å². The third-order valence-electron chi connectivity index (χ3n) is 3.02. The van der Waals surface area contributed by atoms with Crippen LogP contribution < -0.4 is 4.90 Å². The minimum Gasteiger partial charge on any atom is -0.311 e. The fraction of sp³-hybridized carbons (Fsp3) is 0.200. The molecule has 0 saturated heterocycles. The van der Waals surface area contributed by atoms with Gasteiger partial charge in [-0.1, -0.05) is 0 Å². The van der Waals surface area contributed by atoms with E-state index < -0.39 is 0 Å². The Labute approximate surface area is 117 Å². The number of aromatic nitrogens is 2. The lowest BCUT2D eigenvalue weighted by Gasteiger charge is -2.18. The monoisotopic (exact) mass is 266 g/mol. The Morgan fingerprint density at radius 1 is 1.20 bits per heavy atom. The fourth-order valence-corrected chi connectivity index (χ4v) is 1.82. The van der Waals surface area contributed by atoms with E-state index in [4.69, 9.17) is 5.26 Å². The highest BCUT2D eigenvalue weighted by atomic mass is 16.2. The number of aryl methyl sites for hydroxylation is 2. The average Bonchev–Trinajstić information content (AvgIpc) is 2.48. The molecular formula is C15H14N4O. The summed E-state index contributed by atoms with van der Waals surface area (Å²) in [4.78, 5) is 14.0. The summed E-state index contributed by atoms with van der Waals surface area (Å²) in [6.07, 6.45) is 0. The van der Waals surface area contributed by atoms with Gasteiger partial charge in [0.15, 0.2) is 0 Å². The lowest BCUT2D eigenvalue weighted by atomic mass is 10.1. The molecule has 0 aliphatic heterocycles. The lowest BCUT2D eigenvalue weighted by molar-refractivity contribution is 0.0991. The molecule has 5 nitrogen and oxygen atoms in total. The van der Waals surface area contributed by atoms with Crippen LogP contribution in [0.4, 0.5) is 5.69 Å². The highest BCUT2D eigenvalue weighted by molar-refractivity contribution is 6.06. The van der Waals surface area contributed by atoms with Crippen molar-refractivity contribution in [3.05, 3.63) is 52.8 Å². The summed E-state index contributed by atoms with van der Waals surface area (Å²) in [5.41, 5.74) is 3.12. The van der Waals surface area contributed by atoms with Gasteiger partial charge in [-0.3, -0.25) is 4.79 Å². The molecule has 0 radical (unpaired) electrons. The van der Waals surface area contributed by atoms with E-state index in [1.54, 1.807) is 51.2 Å². The summed E-state index contributed by atoms with van der Waals surface area (Å²) in [5.74, 6) is -0.148. The minimum absolute atomic E-state index is 0.148. The van der Waals surface area contributed by atoms with Gasteiger partial charge in [0.1, 0.15) is 0 Å². The van der Waals surface area contributed by atoms with Crippen LogP contribution in [0, 0.1) is 25.2 Å². The Kier molecular flexibility index (Phi) is 3.76. The third kappa shape index (κ3) is 2.64. The molecule has 20 heavy (non-hydrogen) atoms. The van der Waals surface area contributed by atoms with Crippen LogP contribution in [0.25, 0.3) is 0 Å². The Hall–Kier alpha value is -2.74. The quantitative estimate of drug-likeness (QED) is 0.835. The molecule has 0 fully saturated rings. The average molecular weight is 266 g/mol. The largest absolute Gasteiger partial charge is 0.311 e. The van der Waals surface area contributed by atoms with Crippen LogP contribution in [0.2, 0.25) is 0 Å². The second-order valence-electron chi connectivity index (χ2n) is 4.51. The Morgan fingerprint density at radius 2 is 1.85 bits per heavy atom. The molecule has 0 aliphatic carbocycles. The molecule has 2 rings (SSSR count). The summed E-state index contributed by atoms with van der Waals surface area (Å²) in [6.45, 7) is 3.55. The lowest BCUT2D eigenvalue weighted by Crippen LogP contribution is -2.27. The van der Waals surface area contributed by atoms with Crippen molar-refractivity contribution in [3.63, 3.8) is 0 Å². The number of rotatable bonds is 2. The van der Waals surface area contributed by atoms with Crippen LogP contribution in [-0.4, -0.2) is 23.2 Å². The van der Waals surface area contributed by atoms with E-state index in [0.29, 0.717) is 22.5 Å². The number of nitrogens with zero attached hydrogens (tertiary/aromatic N) is 4. The van der Waals surface area contributed by atoms with E-state index >= 15 is 0 Å². The standard InChI is InChI=1S/C15H14N4O/c1-10-8-14(11(2)18-17-10)15(20)19(3)13-6-4-12(9-16)5-7-13/h4-8H,1-3H3. The van der Waals surface area contributed by atoms with Gasteiger partial charge in [0.2, 0.25) is 0 Å². The molecule has 100 valence electrons. The molecule has 0 aliphatic rings. The Bertz CT molecular complexity index is 686. The van der Waals surface area contributed by atoms with Crippen LogP contribution in [0.5, 0.6) is 0 Å². The molecule has 0 N–H and O–H groups in total. The van der Waals surface area contributed by atoms with Gasteiger partial charge < -0.3 is 4.90 Å². The summed E-state index contributed by atoms with van der Waals surface area (Å²) >= 11 is 0. The van der Waals surface area contributed by atoms with Crippen molar-refractivity contribution < 1.29 is 4.79 Å². The zero-order valence-corrected chi connectivity index (χ0v) is 11.6. The molecule has 0 unspecified atom stereocenters. The van der Waals surface area contributed by atoms with Gasteiger partial charge in [-0.25, -0.2) is 0 Å². The maximum atomic E-state index is 12.5. The number of nitriles is 1. The Balaban J connectivity index is 2.32. The van der Waals surface area contributed by atoms with Crippen molar-refractivity contribution in [1.29, 1.82) is 5.26 Å². The smallest absolute Gasteiger partial charge is 0.259 e. The number of carbonyl (C=O) groups excluding carboxylic acids is 1. The maximum Gasteiger partial charge on any atom is 0.259 e. The van der Waals surface area contributed by atoms with Crippen LogP contribution in [0.15, 0.2) is 30.3 Å². The van der Waals surface area contributed by atoms with Gasteiger partial charge in [-0.05, 0) is 44.2 Å². The van der Waals surface area contributed by atoms with Gasteiger partial charge in [0.05, 0.1) is 28.6 Å². The molecule has 0 saturated carbocycles. The second-order valence-corrected chi connectivity index (χ2v) is 4.51. The predicted molar refractivity (Wildman–Crippen MR) is 75.4 cm³/mol. The van der Waals surface area contributed by atoms with E-state index in [9.17, 15) is 4.79 Å². The molecule has 1 amide bonds. The molecule has 1 aromatic heterocycles. The highest BCUT2D eigenvalue weighted by Gasteiger charge is 2.17. The van der Waals surface area contributed by atoms with E-state index in [-0.39, 0.29) is 5.91 Å². The van der Waals surface area contributed by atoms with Crippen LogP contribution >= 0.6 is 0 Å². The number of amides is 1. The molecule has 0 spiro atoms. The number of hydrogen-bond acceptors (Lipinski definition) is 4. The molecule has 0 bridgehead atoms. The zero-order valence-electron chi connectivity index (χ0n) is 11.6. The molecular weight excluding hydrogens is 252 g/mol. The van der Waals surface area contributed by atoms with Gasteiger partial charge in [-0.2, -0.15) is 15.5 Å². The van der Waals surface area contributed by atoms with E-state index in [1.807, 2.05) is 6.07 Å². The third-order valence-corrected chi connectivity index (χ3v) is 3.02. The predicted octanol–water partition coefficient (Wildman–Crippen LogP) is 2.24. The van der Waals surface area contributed by atoms with Crippen molar-refractivity contribution in [2.24, 2.45) is 0 Å². The van der Waals surface area contributed by atoms with Crippen LogP contribution in [0.3, 0.4) is 0 Å². The first-order valence-corrected chi connectivity index (χ1v) is 6.12. The van der Waals surface area contributed by atoms with Gasteiger partial charge in [0.25, 0.3) is 5.91 Å². The van der Waals surface area contributed by atoms with Crippen LogP contribution in [-0.2, 0) is 0 Å². The van der Waals surface area contributed by atoms with Crippen molar-refractivity contribution in [2.75, 3.05) is 11.9 Å². The number of carbonyl (C=O) groups is 1. The molecule has 2 aromatic rings. The minimum atomic E-state index is -0.148. The first-order chi connectivity index (χ1) is 9.52. The van der Waals surface area contributed by atoms with Gasteiger partial charge in [-0.15, -0.1) is 0 Å². The van der Waals surface area contributed by atoms with Crippen LogP contribution in [0.1, 0.15) is 27.3 Å². The Morgan fingerprint density at radius 3 is 2.45 bits per heavy atom. The molecule has 1 aromatic carbocycles. The molecule has 0 atom stereocenters. The van der Waals surface area contributed by atoms with Crippen molar-refractivity contribution in [3.8, 4) is 6.07 Å². The maximum absolute atomic E-state index is 12.5. The van der Waals surface area contributed by atoms with Gasteiger partial charge >= 0.3 is 0 Å². The summed E-state index contributed by atoms with van der Waals surface area (Å²) in [7, 11) is 1.69. The number of anilines is 1. The first-order valence-electron chi connectivity index (χ1n) is 6.12. The SMILES string of the molecule is Cc1cc(C(=O)N(C)c2ccc(C#N)cc2)c(C)nn1. The second kappa shape index (κ2) is 5.49. The van der Waals surface area contributed by atoms with Crippen molar-refractivity contribution in [2.45, 2.75) is 13.8 Å². The first kappa shape index (κ1) is 13.7. The topological polar surface area (TPSA) is 69.9 Å². The van der Waals surface area contributed by atoms with Crippen molar-refractivity contribution >= 4 is 11.6 Å². The normalized spacial score (nSPS) is 9.90. The van der Waals surface area contributed by atoms with E-state index in [2.05, 4.69) is 10.2 Å². The summed E-state index contributed by atoms with van der Waals surface area (Å²) in [6, 6.07) is 10.6. The fourth-order valence-electron chi connectivity index (χ4n) is 1.82. The summed E-state index contributed by atoms with van der Waals surface area (Å²) in [5, 5.41) is 16.7. The zero-order chi connectivity index (χ0) is 14.7. The number of hydrogen-bond donors (Lipinski definition) is 0. The summed E-state index contributed by atoms with van der Waals surface area (Å²) < 4.78 is 0.